The van der Waals surface area contributed by atoms with E-state index in [0.29, 0.717) is 12.4 Å². The third-order valence-electron chi connectivity index (χ3n) is 4.41. The molecule has 1 saturated heterocycles. The summed E-state index contributed by atoms with van der Waals surface area (Å²) in [6.07, 6.45) is 2.32. The number of carbonyl (C=O) groups excluding carboxylic acids is 1. The maximum Gasteiger partial charge on any atom is 0.320 e. The van der Waals surface area contributed by atoms with Crippen LogP contribution in [0.1, 0.15) is 35.0 Å². The van der Waals surface area contributed by atoms with Gasteiger partial charge in [-0.05, 0) is 38.8 Å². The van der Waals surface area contributed by atoms with Crippen LogP contribution in [-0.2, 0) is 11.8 Å². The van der Waals surface area contributed by atoms with E-state index in [-0.39, 0.29) is 18.2 Å². The van der Waals surface area contributed by atoms with E-state index >= 15 is 0 Å². The minimum absolute atomic E-state index is 0.0861. The Hall–Kier alpha value is -2.41. The lowest BCUT2D eigenvalue weighted by Gasteiger charge is -2.20. The Kier molecular flexibility index (Phi) is 4.53. The van der Waals surface area contributed by atoms with E-state index < -0.39 is 0 Å². The summed E-state index contributed by atoms with van der Waals surface area (Å²) in [5, 5.41) is 10.2. The van der Waals surface area contributed by atoms with Gasteiger partial charge in [0.25, 0.3) is 0 Å². The van der Waals surface area contributed by atoms with Crippen molar-refractivity contribution in [2.45, 2.75) is 39.3 Å². The predicted octanol–water partition coefficient (Wildman–Crippen LogP) is 2.39. The molecular formula is C17H23N5O2. The Labute approximate surface area is 141 Å². The molecule has 0 aromatic carbocycles. The summed E-state index contributed by atoms with van der Waals surface area (Å²) in [5.41, 5.74) is 4.11. The monoisotopic (exact) mass is 329 g/mol. The van der Waals surface area contributed by atoms with Crippen LogP contribution in [0.3, 0.4) is 0 Å². The second kappa shape index (κ2) is 6.60. The number of nitrogens with one attached hydrogen (secondary N) is 2. The number of urea groups is 1. The summed E-state index contributed by atoms with van der Waals surface area (Å²) in [5.74, 6) is 0.530. The van der Waals surface area contributed by atoms with Crippen molar-refractivity contribution in [3.05, 3.63) is 40.8 Å². The normalized spacial score (nSPS) is 20.2. The summed E-state index contributed by atoms with van der Waals surface area (Å²) in [7, 11) is 1.92. The van der Waals surface area contributed by atoms with Crippen molar-refractivity contribution in [1.29, 1.82) is 0 Å². The molecule has 0 aliphatic carbocycles. The number of hydrogen-bond donors (Lipinski definition) is 2. The maximum atomic E-state index is 12.3. The maximum absolute atomic E-state index is 12.3. The van der Waals surface area contributed by atoms with E-state index in [1.807, 2.05) is 38.6 Å². The molecule has 128 valence electrons. The number of hydrogen-bond acceptors (Lipinski definition) is 4. The van der Waals surface area contributed by atoms with E-state index in [2.05, 4.69) is 20.7 Å². The predicted molar refractivity (Wildman–Crippen MR) is 90.9 cm³/mol. The van der Waals surface area contributed by atoms with Gasteiger partial charge in [0.1, 0.15) is 11.9 Å². The van der Waals surface area contributed by atoms with Crippen molar-refractivity contribution in [3.63, 3.8) is 0 Å². The van der Waals surface area contributed by atoms with Crippen LogP contribution in [0.2, 0.25) is 0 Å². The summed E-state index contributed by atoms with van der Waals surface area (Å²) in [6.45, 7) is 6.56. The van der Waals surface area contributed by atoms with Gasteiger partial charge in [0.05, 0.1) is 11.7 Å². The molecule has 0 unspecified atom stereocenters. The number of aromatic nitrogens is 3. The highest BCUT2D eigenvalue weighted by Crippen LogP contribution is 2.33. The Morgan fingerprint density at radius 1 is 1.33 bits per heavy atom. The minimum Gasteiger partial charge on any atom is -0.371 e. The van der Waals surface area contributed by atoms with Gasteiger partial charge in [-0.25, -0.2) is 9.78 Å². The topological polar surface area (TPSA) is 81.1 Å². The molecule has 0 radical (unpaired) electrons. The molecule has 2 N–H and O–H groups in total. The Bertz CT molecular complexity index is 738. The van der Waals surface area contributed by atoms with Crippen LogP contribution in [0.25, 0.3) is 0 Å². The quantitative estimate of drug-likeness (QED) is 0.906. The fourth-order valence-corrected chi connectivity index (χ4v) is 3.09. The SMILES string of the molecule is Cc1ccc(NC(=O)N[C@H]2CCO[C@@H]2c2c(C)nn(C)c2C)nc1. The average Bonchev–Trinajstić information content (AvgIpc) is 3.06. The highest BCUT2D eigenvalue weighted by molar-refractivity contribution is 5.88. The van der Waals surface area contributed by atoms with Gasteiger partial charge in [-0.2, -0.15) is 5.10 Å². The van der Waals surface area contributed by atoms with Gasteiger partial charge in [-0.1, -0.05) is 6.07 Å². The number of nitrogens with zero attached hydrogens (tertiary/aromatic N) is 3. The summed E-state index contributed by atoms with van der Waals surface area (Å²) in [4.78, 5) is 16.5. The van der Waals surface area contributed by atoms with Gasteiger partial charge < -0.3 is 10.1 Å². The van der Waals surface area contributed by atoms with Gasteiger partial charge >= 0.3 is 6.03 Å². The zero-order valence-corrected chi connectivity index (χ0v) is 14.5. The van der Waals surface area contributed by atoms with Gasteiger partial charge in [0, 0.05) is 31.1 Å². The third-order valence-corrected chi connectivity index (χ3v) is 4.41. The average molecular weight is 329 g/mol. The van der Waals surface area contributed by atoms with Crippen LogP contribution in [0.15, 0.2) is 18.3 Å². The Morgan fingerprint density at radius 3 is 2.75 bits per heavy atom. The molecule has 3 heterocycles. The number of rotatable bonds is 3. The smallest absolute Gasteiger partial charge is 0.320 e. The molecule has 1 fully saturated rings. The van der Waals surface area contributed by atoms with Crippen molar-refractivity contribution in [2.75, 3.05) is 11.9 Å². The fourth-order valence-electron chi connectivity index (χ4n) is 3.09. The molecular weight excluding hydrogens is 306 g/mol. The van der Waals surface area contributed by atoms with Crippen molar-refractivity contribution in [1.82, 2.24) is 20.1 Å². The first-order valence-corrected chi connectivity index (χ1v) is 8.07. The lowest BCUT2D eigenvalue weighted by atomic mass is 10.0. The van der Waals surface area contributed by atoms with Crippen molar-refractivity contribution in [3.8, 4) is 0 Å². The number of anilines is 1. The molecule has 2 amide bonds. The lowest BCUT2D eigenvalue weighted by Crippen LogP contribution is -2.40. The van der Waals surface area contributed by atoms with Crippen LogP contribution < -0.4 is 10.6 Å². The van der Waals surface area contributed by atoms with Gasteiger partial charge in [-0.3, -0.25) is 10.00 Å². The third kappa shape index (κ3) is 3.26. The molecule has 2 aromatic rings. The number of ether oxygens (including phenoxy) is 1. The molecule has 1 aliphatic rings. The first kappa shape index (κ1) is 16.4. The Morgan fingerprint density at radius 2 is 2.12 bits per heavy atom. The first-order valence-electron chi connectivity index (χ1n) is 8.07. The molecule has 0 spiro atoms. The minimum atomic E-state index is -0.272. The van der Waals surface area contributed by atoms with Crippen LogP contribution in [0, 0.1) is 20.8 Å². The zero-order chi connectivity index (χ0) is 17.3. The van der Waals surface area contributed by atoms with Gasteiger partial charge in [-0.15, -0.1) is 0 Å². The van der Waals surface area contributed by atoms with Crippen LogP contribution in [-0.4, -0.2) is 33.4 Å². The number of carbonyl (C=O) groups is 1. The van der Waals surface area contributed by atoms with Gasteiger partial charge in [0.15, 0.2) is 0 Å². The first-order chi connectivity index (χ1) is 11.5. The highest BCUT2D eigenvalue weighted by Gasteiger charge is 2.34. The number of amides is 2. The highest BCUT2D eigenvalue weighted by atomic mass is 16.5. The number of pyridine rings is 1. The van der Waals surface area contributed by atoms with Crippen molar-refractivity contribution in [2.24, 2.45) is 7.05 Å². The van der Waals surface area contributed by atoms with Crippen molar-refractivity contribution >= 4 is 11.8 Å². The molecule has 3 rings (SSSR count). The second-order valence-corrected chi connectivity index (χ2v) is 6.21. The lowest BCUT2D eigenvalue weighted by molar-refractivity contribution is 0.0993. The van der Waals surface area contributed by atoms with E-state index in [0.717, 1.165) is 28.9 Å². The van der Waals surface area contributed by atoms with E-state index in [4.69, 9.17) is 4.74 Å². The molecule has 2 aromatic heterocycles. The largest absolute Gasteiger partial charge is 0.371 e. The van der Waals surface area contributed by atoms with Crippen LogP contribution in [0.5, 0.6) is 0 Å². The second-order valence-electron chi connectivity index (χ2n) is 6.21. The fraction of sp³-hybridized carbons (Fsp3) is 0.471. The van der Waals surface area contributed by atoms with Gasteiger partial charge in [0.2, 0.25) is 0 Å². The van der Waals surface area contributed by atoms with E-state index in [1.54, 1.807) is 12.3 Å². The van der Waals surface area contributed by atoms with Crippen LogP contribution in [0.4, 0.5) is 10.6 Å². The van der Waals surface area contributed by atoms with E-state index in [1.165, 1.54) is 0 Å². The molecule has 2 atom stereocenters. The summed E-state index contributed by atoms with van der Waals surface area (Å²) >= 11 is 0. The molecule has 7 nitrogen and oxygen atoms in total. The molecule has 7 heteroatoms. The molecule has 1 aliphatic heterocycles. The van der Waals surface area contributed by atoms with E-state index in [9.17, 15) is 4.79 Å². The zero-order valence-electron chi connectivity index (χ0n) is 14.5. The Balaban J connectivity index is 1.69. The van der Waals surface area contributed by atoms with Crippen molar-refractivity contribution < 1.29 is 9.53 Å². The van der Waals surface area contributed by atoms with Crippen LogP contribution >= 0.6 is 0 Å². The summed E-state index contributed by atoms with van der Waals surface area (Å²) in [6, 6.07) is 3.34. The number of aryl methyl sites for hydroxylation is 3. The molecule has 0 saturated carbocycles. The summed E-state index contributed by atoms with van der Waals surface area (Å²) < 4.78 is 7.73. The molecule has 0 bridgehead atoms. The standard InChI is InChI=1S/C17H23N5O2/c1-10-5-6-14(18-9-10)20-17(23)19-13-7-8-24-16(13)15-11(2)21-22(4)12(15)3/h5-6,9,13,16H,7-8H2,1-4H3,(H2,18,19,20,23)/t13-,16-/m0/s1. The molecule has 24 heavy (non-hydrogen) atoms.